The van der Waals surface area contributed by atoms with E-state index in [0.717, 1.165) is 23.6 Å². The van der Waals surface area contributed by atoms with Gasteiger partial charge in [0.1, 0.15) is 5.75 Å². The number of nitro benzene ring substituents is 1. The molecule has 0 unspecified atom stereocenters. The highest BCUT2D eigenvalue weighted by molar-refractivity contribution is 7.90. The number of para-hydroxylation sites is 1. The Labute approximate surface area is 186 Å². The van der Waals surface area contributed by atoms with E-state index in [1.807, 2.05) is 24.3 Å². The molecular formula is C19H24N4O7S2. The summed E-state index contributed by atoms with van der Waals surface area (Å²) in [5.74, 6) is 0.285. The van der Waals surface area contributed by atoms with Gasteiger partial charge in [-0.3, -0.25) is 10.1 Å². The van der Waals surface area contributed by atoms with Crippen molar-refractivity contribution in [2.24, 2.45) is 0 Å². The molecule has 0 saturated carbocycles. The van der Waals surface area contributed by atoms with Crippen LogP contribution in [-0.4, -0.2) is 71.7 Å². The summed E-state index contributed by atoms with van der Waals surface area (Å²) in [6.07, 6.45) is 0. The number of anilines is 1. The van der Waals surface area contributed by atoms with Gasteiger partial charge in [-0.1, -0.05) is 12.1 Å². The van der Waals surface area contributed by atoms with Crippen LogP contribution in [0.5, 0.6) is 5.75 Å². The number of hydrogen-bond acceptors (Lipinski definition) is 8. The number of rotatable bonds is 9. The van der Waals surface area contributed by atoms with E-state index in [9.17, 15) is 26.9 Å². The molecule has 1 aliphatic rings. The van der Waals surface area contributed by atoms with Gasteiger partial charge in [0, 0.05) is 44.5 Å². The standard InChI is InChI=1S/C19H24N4O7S2/c1-30-17-8-6-16(7-9-17)21-11-13-22(14-12-21)31(26,27)15-10-20-32(28,29)19-5-3-2-4-18(19)23(24)25/h2-9,20H,10-15H2,1H3. The number of benzene rings is 2. The van der Waals surface area contributed by atoms with Crippen LogP contribution in [0, 0.1) is 10.1 Å². The first-order valence-electron chi connectivity index (χ1n) is 9.74. The SMILES string of the molecule is COc1ccc(N2CCN(S(=O)(=O)CCNS(=O)(=O)c3ccccc3[N+](=O)[O-])CC2)cc1. The van der Waals surface area contributed by atoms with Gasteiger partial charge in [0.25, 0.3) is 5.69 Å². The second-order valence-corrected chi connectivity index (χ2v) is 10.8. The summed E-state index contributed by atoms with van der Waals surface area (Å²) in [4.78, 5) is 11.8. The third-order valence-electron chi connectivity index (χ3n) is 5.07. The van der Waals surface area contributed by atoms with Crippen molar-refractivity contribution in [1.29, 1.82) is 0 Å². The largest absolute Gasteiger partial charge is 0.497 e. The van der Waals surface area contributed by atoms with Crippen molar-refractivity contribution in [1.82, 2.24) is 9.03 Å². The van der Waals surface area contributed by atoms with Crippen molar-refractivity contribution in [3.63, 3.8) is 0 Å². The lowest BCUT2D eigenvalue weighted by Crippen LogP contribution is -2.50. The molecule has 1 N–H and O–H groups in total. The Hall–Kier alpha value is -2.74. The zero-order valence-electron chi connectivity index (χ0n) is 17.4. The van der Waals surface area contributed by atoms with Crippen LogP contribution in [0.2, 0.25) is 0 Å². The van der Waals surface area contributed by atoms with Crippen molar-refractivity contribution in [2.75, 3.05) is 50.5 Å². The molecule has 1 heterocycles. The van der Waals surface area contributed by atoms with Crippen LogP contribution >= 0.6 is 0 Å². The van der Waals surface area contributed by atoms with E-state index in [-0.39, 0.29) is 13.1 Å². The fourth-order valence-corrected chi connectivity index (χ4v) is 6.03. The Balaban J connectivity index is 1.56. The number of ether oxygens (including phenoxy) is 1. The van der Waals surface area contributed by atoms with Gasteiger partial charge in [0.05, 0.1) is 17.8 Å². The second-order valence-electron chi connectivity index (χ2n) is 7.02. The van der Waals surface area contributed by atoms with E-state index < -0.39 is 47.9 Å². The molecule has 0 radical (unpaired) electrons. The van der Waals surface area contributed by atoms with Crippen LogP contribution in [0.1, 0.15) is 0 Å². The zero-order valence-corrected chi connectivity index (χ0v) is 19.0. The summed E-state index contributed by atoms with van der Waals surface area (Å²) in [5.41, 5.74) is 0.387. The molecule has 3 rings (SSSR count). The van der Waals surface area contributed by atoms with Gasteiger partial charge in [0.2, 0.25) is 20.0 Å². The Morgan fingerprint density at radius 1 is 1.00 bits per heavy atom. The summed E-state index contributed by atoms with van der Waals surface area (Å²) >= 11 is 0. The van der Waals surface area contributed by atoms with Crippen molar-refractivity contribution in [3.05, 3.63) is 58.6 Å². The molecule has 2 aromatic carbocycles. The summed E-state index contributed by atoms with van der Waals surface area (Å²) in [6, 6.07) is 12.4. The number of piperazine rings is 1. The third kappa shape index (κ3) is 5.54. The highest BCUT2D eigenvalue weighted by atomic mass is 32.2. The predicted molar refractivity (Wildman–Crippen MR) is 119 cm³/mol. The summed E-state index contributed by atoms with van der Waals surface area (Å²) in [5, 5.41) is 11.1. The van der Waals surface area contributed by atoms with E-state index in [2.05, 4.69) is 9.62 Å². The monoisotopic (exact) mass is 484 g/mol. The maximum atomic E-state index is 12.7. The van der Waals surface area contributed by atoms with Crippen LogP contribution in [0.3, 0.4) is 0 Å². The molecule has 1 fully saturated rings. The minimum Gasteiger partial charge on any atom is -0.497 e. The average Bonchev–Trinajstić information content (AvgIpc) is 2.79. The van der Waals surface area contributed by atoms with Crippen molar-refractivity contribution < 1.29 is 26.5 Å². The fourth-order valence-electron chi connectivity index (χ4n) is 3.36. The average molecular weight is 485 g/mol. The number of nitrogens with one attached hydrogen (secondary N) is 1. The van der Waals surface area contributed by atoms with Gasteiger partial charge in [-0.2, -0.15) is 4.31 Å². The van der Waals surface area contributed by atoms with Crippen LogP contribution in [-0.2, 0) is 20.0 Å². The van der Waals surface area contributed by atoms with E-state index in [4.69, 9.17) is 4.74 Å². The van der Waals surface area contributed by atoms with Crippen molar-refractivity contribution in [2.45, 2.75) is 4.90 Å². The van der Waals surface area contributed by atoms with Crippen molar-refractivity contribution in [3.8, 4) is 5.75 Å². The number of nitrogens with zero attached hydrogens (tertiary/aromatic N) is 3. The van der Waals surface area contributed by atoms with Crippen LogP contribution in [0.4, 0.5) is 11.4 Å². The van der Waals surface area contributed by atoms with Gasteiger partial charge in [-0.25, -0.2) is 21.6 Å². The molecule has 0 bridgehead atoms. The molecule has 0 atom stereocenters. The third-order valence-corrected chi connectivity index (χ3v) is 8.45. The van der Waals surface area contributed by atoms with Crippen LogP contribution in [0.25, 0.3) is 0 Å². The molecule has 2 aromatic rings. The maximum absolute atomic E-state index is 12.7. The molecular weight excluding hydrogens is 460 g/mol. The van der Waals surface area contributed by atoms with E-state index in [0.29, 0.717) is 13.1 Å². The number of sulfonamides is 2. The quantitative estimate of drug-likeness (QED) is 0.411. The molecule has 11 nitrogen and oxygen atoms in total. The summed E-state index contributed by atoms with van der Waals surface area (Å²) in [7, 11) is -6.35. The normalized spacial score (nSPS) is 15.5. The first-order valence-corrected chi connectivity index (χ1v) is 12.8. The van der Waals surface area contributed by atoms with Gasteiger partial charge in [0.15, 0.2) is 4.90 Å². The Kier molecular flexibility index (Phi) is 7.33. The summed E-state index contributed by atoms with van der Waals surface area (Å²) in [6.45, 7) is 1.13. The molecule has 0 amide bonds. The van der Waals surface area contributed by atoms with E-state index >= 15 is 0 Å². The van der Waals surface area contributed by atoms with Crippen LogP contribution in [0.15, 0.2) is 53.4 Å². The molecule has 13 heteroatoms. The molecule has 0 aliphatic carbocycles. The Bertz CT molecular complexity index is 1160. The lowest BCUT2D eigenvalue weighted by Gasteiger charge is -2.35. The second kappa shape index (κ2) is 9.81. The van der Waals surface area contributed by atoms with E-state index in [1.54, 1.807) is 7.11 Å². The van der Waals surface area contributed by atoms with Gasteiger partial charge in [-0.05, 0) is 30.3 Å². The smallest absolute Gasteiger partial charge is 0.289 e. The number of methoxy groups -OCH3 is 1. The fraction of sp³-hybridized carbons (Fsp3) is 0.368. The maximum Gasteiger partial charge on any atom is 0.289 e. The highest BCUT2D eigenvalue weighted by Crippen LogP contribution is 2.23. The number of nitro groups is 1. The highest BCUT2D eigenvalue weighted by Gasteiger charge is 2.29. The van der Waals surface area contributed by atoms with Gasteiger partial charge in [-0.15, -0.1) is 0 Å². The number of hydrogen-bond donors (Lipinski definition) is 1. The molecule has 0 spiro atoms. The molecule has 174 valence electrons. The lowest BCUT2D eigenvalue weighted by atomic mass is 10.2. The zero-order chi connectivity index (χ0) is 23.4. The minimum absolute atomic E-state index is 0.269. The van der Waals surface area contributed by atoms with Gasteiger partial charge < -0.3 is 9.64 Å². The molecule has 32 heavy (non-hydrogen) atoms. The van der Waals surface area contributed by atoms with Crippen LogP contribution < -0.4 is 14.4 Å². The molecule has 0 aromatic heterocycles. The predicted octanol–water partition coefficient (Wildman–Crippen LogP) is 1.03. The lowest BCUT2D eigenvalue weighted by molar-refractivity contribution is -0.387. The van der Waals surface area contributed by atoms with E-state index in [1.165, 1.54) is 16.4 Å². The first-order chi connectivity index (χ1) is 15.1. The van der Waals surface area contributed by atoms with Crippen molar-refractivity contribution >= 4 is 31.4 Å². The Morgan fingerprint density at radius 3 is 2.22 bits per heavy atom. The molecule has 1 aliphatic heterocycles. The minimum atomic E-state index is -4.23. The Morgan fingerprint density at radius 2 is 1.62 bits per heavy atom. The van der Waals surface area contributed by atoms with Gasteiger partial charge >= 0.3 is 0 Å². The first kappa shape index (κ1) is 23.9. The summed E-state index contributed by atoms with van der Waals surface area (Å²) < 4.78 is 58.8. The topological polar surface area (TPSA) is 139 Å². The molecule has 1 saturated heterocycles.